The zero-order valence-electron chi connectivity index (χ0n) is 16.9. The van der Waals surface area contributed by atoms with Gasteiger partial charge in [-0.15, -0.1) is 0 Å². The molecule has 7 nitrogen and oxygen atoms in total. The first-order chi connectivity index (χ1) is 14.7. The highest BCUT2D eigenvalue weighted by atomic mass is 19.4. The van der Waals surface area contributed by atoms with Gasteiger partial charge in [-0.05, 0) is 63.0 Å². The van der Waals surface area contributed by atoms with Crippen LogP contribution in [0.5, 0.6) is 0 Å². The van der Waals surface area contributed by atoms with E-state index >= 15 is 0 Å². The number of rotatable bonds is 6. The van der Waals surface area contributed by atoms with E-state index in [2.05, 4.69) is 21.6 Å². The van der Waals surface area contributed by atoms with Crippen LogP contribution in [-0.4, -0.2) is 41.8 Å². The maximum absolute atomic E-state index is 12.7. The van der Waals surface area contributed by atoms with Gasteiger partial charge in [0.1, 0.15) is 5.84 Å². The zero-order valence-corrected chi connectivity index (χ0v) is 16.9. The second-order valence-corrected chi connectivity index (χ2v) is 7.86. The van der Waals surface area contributed by atoms with Crippen molar-refractivity contribution in [2.24, 2.45) is 11.7 Å². The second-order valence-electron chi connectivity index (χ2n) is 7.86. The number of hydrogen-bond donors (Lipinski definition) is 4. The van der Waals surface area contributed by atoms with Gasteiger partial charge < -0.3 is 21.3 Å². The molecule has 1 aliphatic heterocycles. The van der Waals surface area contributed by atoms with E-state index in [4.69, 9.17) is 11.1 Å². The van der Waals surface area contributed by atoms with Crippen LogP contribution in [0, 0.1) is 22.7 Å². The molecule has 1 aliphatic carbocycles. The maximum atomic E-state index is 12.7. The Morgan fingerprint density at radius 1 is 1.26 bits per heavy atom. The number of nitrogens with one attached hydrogen (secondary N) is 3. The molecule has 1 saturated heterocycles. The molecule has 10 heteroatoms. The molecule has 1 heterocycles. The topological polar surface area (TPSA) is 118 Å². The molecule has 0 bridgehead atoms. The molecule has 0 aromatic heterocycles. The van der Waals surface area contributed by atoms with Crippen molar-refractivity contribution in [3.8, 4) is 6.07 Å². The Balaban J connectivity index is 1.63. The number of amides is 1. The summed E-state index contributed by atoms with van der Waals surface area (Å²) < 4.78 is 38.0. The van der Waals surface area contributed by atoms with Crippen LogP contribution in [0.25, 0.3) is 0 Å². The largest absolute Gasteiger partial charge is 0.416 e. The lowest BCUT2D eigenvalue weighted by Crippen LogP contribution is -2.50. The first-order valence-corrected chi connectivity index (χ1v) is 10.1. The molecule has 3 rings (SSSR count). The number of anilines is 1. The summed E-state index contributed by atoms with van der Waals surface area (Å²) in [7, 11) is 0. The van der Waals surface area contributed by atoms with Crippen molar-refractivity contribution in [3.05, 3.63) is 41.6 Å². The molecule has 1 saturated carbocycles. The van der Waals surface area contributed by atoms with E-state index in [9.17, 15) is 23.2 Å². The normalized spacial score (nSPS) is 24.6. The van der Waals surface area contributed by atoms with Crippen LogP contribution < -0.4 is 16.4 Å². The molecule has 2 fully saturated rings. The molecule has 31 heavy (non-hydrogen) atoms. The minimum atomic E-state index is -4.46. The molecule has 1 amide bonds. The number of carbonyl (C=O) groups excluding carboxylic acids is 1. The number of amidine groups is 1. The molecule has 166 valence electrons. The summed E-state index contributed by atoms with van der Waals surface area (Å²) in [6.07, 6.45) is 0.489. The molecule has 1 unspecified atom stereocenters. The predicted molar refractivity (Wildman–Crippen MR) is 110 cm³/mol. The number of nitrogens with zero attached hydrogens (tertiary/aromatic N) is 2. The summed E-state index contributed by atoms with van der Waals surface area (Å²) in [5.41, 5.74) is 4.65. The van der Waals surface area contributed by atoms with Gasteiger partial charge in [0.25, 0.3) is 5.91 Å². The second kappa shape index (κ2) is 9.39. The molecule has 3 atom stereocenters. The monoisotopic (exact) mass is 434 g/mol. The van der Waals surface area contributed by atoms with Crippen LogP contribution in [-0.2, 0) is 11.0 Å². The van der Waals surface area contributed by atoms with E-state index < -0.39 is 17.6 Å². The van der Waals surface area contributed by atoms with Crippen LogP contribution >= 0.6 is 0 Å². The fraction of sp³-hybridized carbons (Fsp3) is 0.476. The molecule has 1 aromatic carbocycles. The van der Waals surface area contributed by atoms with E-state index in [1.165, 1.54) is 24.8 Å². The summed E-state index contributed by atoms with van der Waals surface area (Å²) in [4.78, 5) is 14.2. The Bertz CT molecular complexity index is 886. The first kappa shape index (κ1) is 22.6. The van der Waals surface area contributed by atoms with E-state index in [0.717, 1.165) is 44.5 Å². The molecular formula is C21H25F3N6O. The van der Waals surface area contributed by atoms with E-state index in [1.54, 1.807) is 0 Å². The minimum Gasteiger partial charge on any atom is -0.386 e. The third kappa shape index (κ3) is 5.55. The van der Waals surface area contributed by atoms with Gasteiger partial charge in [-0.2, -0.15) is 18.4 Å². The van der Waals surface area contributed by atoms with Gasteiger partial charge in [0.2, 0.25) is 0 Å². The molecule has 0 radical (unpaired) electrons. The van der Waals surface area contributed by atoms with Crippen LogP contribution in [0.4, 0.5) is 18.9 Å². The minimum absolute atomic E-state index is 0.151. The highest BCUT2D eigenvalue weighted by molar-refractivity contribution is 6.23. The van der Waals surface area contributed by atoms with Crippen LogP contribution in [0.1, 0.15) is 31.2 Å². The maximum Gasteiger partial charge on any atom is 0.416 e. The number of carbonyl (C=O) groups is 1. The molecular weight excluding hydrogens is 409 g/mol. The average Bonchev–Trinajstić information content (AvgIpc) is 2.67. The molecule has 2 aliphatic rings. The lowest BCUT2D eigenvalue weighted by molar-refractivity contribution is -0.137. The summed E-state index contributed by atoms with van der Waals surface area (Å²) in [5.74, 6) is -1.44. The summed E-state index contributed by atoms with van der Waals surface area (Å²) in [6, 6.07) is 6.67. The van der Waals surface area contributed by atoms with Crippen molar-refractivity contribution in [2.45, 2.75) is 43.9 Å². The lowest BCUT2D eigenvalue weighted by Gasteiger charge is -2.43. The molecule has 0 spiro atoms. The Morgan fingerprint density at radius 2 is 1.94 bits per heavy atom. The van der Waals surface area contributed by atoms with Crippen molar-refractivity contribution in [2.75, 3.05) is 18.4 Å². The van der Waals surface area contributed by atoms with Crippen molar-refractivity contribution >= 4 is 17.4 Å². The Labute approximate surface area is 178 Å². The number of nitrogens with two attached hydrogens (primary N) is 1. The third-order valence-electron chi connectivity index (χ3n) is 5.85. The van der Waals surface area contributed by atoms with Crippen molar-refractivity contribution < 1.29 is 18.0 Å². The van der Waals surface area contributed by atoms with Gasteiger partial charge in [-0.25, -0.2) is 0 Å². The average molecular weight is 434 g/mol. The first-order valence-electron chi connectivity index (χ1n) is 10.1. The Kier molecular flexibility index (Phi) is 6.85. The fourth-order valence-electron chi connectivity index (χ4n) is 3.94. The van der Waals surface area contributed by atoms with Crippen LogP contribution in [0.15, 0.2) is 36.0 Å². The van der Waals surface area contributed by atoms with E-state index in [0.29, 0.717) is 6.04 Å². The summed E-state index contributed by atoms with van der Waals surface area (Å²) >= 11 is 0. The smallest absolute Gasteiger partial charge is 0.386 e. The fourth-order valence-corrected chi connectivity index (χ4v) is 3.94. The van der Waals surface area contributed by atoms with Gasteiger partial charge in [0, 0.05) is 24.0 Å². The Morgan fingerprint density at radius 3 is 2.45 bits per heavy atom. The SMILES string of the molecule is N#CC1C[C@H](N2CCC2)CC[C@@H]1N/C=C(\C(=N)Nc1ccc(C(F)(F)F)cc1)C(N)=O. The Hall–Kier alpha value is -3.06. The molecule has 5 N–H and O–H groups in total. The van der Waals surface area contributed by atoms with Gasteiger partial charge in [0.05, 0.1) is 23.1 Å². The zero-order chi connectivity index (χ0) is 22.6. The number of primary amides is 1. The molecule has 1 aromatic rings. The van der Waals surface area contributed by atoms with Gasteiger partial charge >= 0.3 is 6.18 Å². The van der Waals surface area contributed by atoms with Crippen molar-refractivity contribution in [3.63, 3.8) is 0 Å². The number of nitriles is 1. The highest BCUT2D eigenvalue weighted by Gasteiger charge is 2.35. The summed E-state index contributed by atoms with van der Waals surface area (Å²) in [5, 5.41) is 23.3. The predicted octanol–water partition coefficient (Wildman–Crippen LogP) is 2.82. The summed E-state index contributed by atoms with van der Waals surface area (Å²) in [6.45, 7) is 2.14. The van der Waals surface area contributed by atoms with E-state index in [-0.39, 0.29) is 29.1 Å². The van der Waals surface area contributed by atoms with Gasteiger partial charge in [-0.1, -0.05) is 0 Å². The number of likely N-dealkylation sites (tertiary alicyclic amines) is 1. The van der Waals surface area contributed by atoms with Crippen LogP contribution in [0.3, 0.4) is 0 Å². The number of benzene rings is 1. The quantitative estimate of drug-likeness (QED) is 0.312. The van der Waals surface area contributed by atoms with E-state index in [1.807, 2.05) is 0 Å². The standard InChI is InChI=1S/C21H25F3N6O/c22-21(23,24)14-2-4-15(5-3-14)29-19(26)17(20(27)31)12-28-18-7-6-16(10-13(18)11-25)30-8-1-9-30/h2-5,12-13,16,18,28H,1,6-10H2,(H2,26,29)(H2,27,31)/b17-12+/t13?,16-,18+/m1/s1. The van der Waals surface area contributed by atoms with Crippen LogP contribution in [0.2, 0.25) is 0 Å². The van der Waals surface area contributed by atoms with Gasteiger partial charge in [-0.3, -0.25) is 10.2 Å². The van der Waals surface area contributed by atoms with Gasteiger partial charge in [0.15, 0.2) is 0 Å². The number of alkyl halides is 3. The van der Waals surface area contributed by atoms with Crippen molar-refractivity contribution in [1.82, 2.24) is 10.2 Å². The third-order valence-corrected chi connectivity index (χ3v) is 5.85. The number of halogens is 3. The van der Waals surface area contributed by atoms with Crippen molar-refractivity contribution in [1.29, 1.82) is 10.7 Å². The number of hydrogen-bond acceptors (Lipinski definition) is 5. The highest BCUT2D eigenvalue weighted by Crippen LogP contribution is 2.31. The lowest BCUT2D eigenvalue weighted by atomic mass is 9.81.